The van der Waals surface area contributed by atoms with E-state index in [1.807, 2.05) is 46.9 Å². The van der Waals surface area contributed by atoms with E-state index in [9.17, 15) is 0 Å². The number of unbranched alkanes of at least 4 members (excludes halogenated alkanes) is 16. The maximum atomic E-state index is 18.0. The number of furan rings is 2. The minimum absolute atomic E-state index is 0.0574. The summed E-state index contributed by atoms with van der Waals surface area (Å²) in [4.78, 5) is 29.1. The van der Waals surface area contributed by atoms with E-state index in [0.29, 0.717) is 41.1 Å². The predicted octanol–water partition coefficient (Wildman–Crippen LogP) is 37.3. The SMILES string of the molecule is CCCCCCCCOc1cccc(-c2nc3c(C)ccc(-c4ccc(-c5ccc(-c6ccc(-c7ccc(-c8cc9c(-c%10ccc([Si](CCCC)(CCCC)CCCC)s%10)c%10oc(C)cc%10c(-c%10ccc([Si](CCCC)(CCCC)CCCC)s%10)c9o8)c8nc(-c9cccc(C)c9)c(-c9cccc(OCCCCCCCC)c9)nc78)s6)c(F)c5Cl)s4)c3nc2-c2cccc(C)c2)c1. The standard InChI is InChI=1S/C116H132ClFN4O4S4Si2/c1-13-21-29-31-33-35-63-123-85-47-39-45-83(74-85)110-108(81-43-37-41-77(9)71-81)121-113-90(50-49-79(11)107(113)119-110)97-57-55-95(127-97)88-52-53-89(106(118)105(88)117)96-56-58-98(128-96)91-54-51-87(112-114(91)122-111(109(120-112)82-44-38-42-78(10)72-82)84-46-40-48-86(75-84)124-64-36-34-32-30-22-14-2)94-76-93-104(100-60-62-102(130-100)132(68-26-18-6,69-27-19-7)70-28-20-8)115-92(73-80(12)125-115)103(116(93)126-94)99-59-61-101(129-99)131(65-23-15-3,66-24-16-4)67-25-17-5/h37-62,71-76H,13-36,63-70H2,1-12H3. The number of nitrogens with zero attached hydrogens (tertiary/aromatic N) is 4. The zero-order valence-corrected chi connectivity index (χ0v) is 85.9. The second-order valence-electron chi connectivity index (χ2n) is 37.2. The number of halogens is 2. The monoisotopic (exact) mass is 1880 g/mol. The minimum Gasteiger partial charge on any atom is -0.494 e. The average molecular weight is 1890 g/mol. The molecule has 16 rings (SSSR count). The molecule has 0 unspecified atom stereocenters. The normalized spacial score (nSPS) is 12.1. The van der Waals surface area contributed by atoms with Crippen LogP contribution in [0.5, 0.6) is 11.5 Å². The Morgan fingerprint density at radius 3 is 1.14 bits per heavy atom. The second kappa shape index (κ2) is 44.8. The number of hydrogen-bond acceptors (Lipinski definition) is 12. The Balaban J connectivity index is 0.834. The van der Waals surface area contributed by atoms with Crippen LogP contribution >= 0.6 is 56.9 Å². The van der Waals surface area contributed by atoms with Crippen molar-refractivity contribution < 1.29 is 22.7 Å². The van der Waals surface area contributed by atoms with Gasteiger partial charge in [-0.1, -0.05) is 353 Å². The fourth-order valence-corrected chi connectivity index (χ4v) is 38.1. The number of ether oxygens (including phenoxy) is 2. The Hall–Kier alpha value is -9.43. The molecule has 0 spiro atoms. The van der Waals surface area contributed by atoms with Crippen molar-refractivity contribution in [2.24, 2.45) is 0 Å². The molecule has 0 radical (unpaired) electrons. The Kier molecular flexibility index (Phi) is 32.5. The lowest BCUT2D eigenvalue weighted by Gasteiger charge is -2.31. The van der Waals surface area contributed by atoms with E-state index in [1.165, 1.54) is 186 Å². The summed E-state index contributed by atoms with van der Waals surface area (Å²) < 4.78 is 49.5. The van der Waals surface area contributed by atoms with Crippen molar-refractivity contribution in [3.8, 4) is 130 Å². The highest BCUT2D eigenvalue weighted by Crippen LogP contribution is 2.53. The van der Waals surface area contributed by atoms with Crippen LogP contribution in [0.2, 0.25) is 41.3 Å². The van der Waals surface area contributed by atoms with Crippen molar-refractivity contribution in [1.29, 1.82) is 0 Å². The molecule has 0 N–H and O–H groups in total. The predicted molar refractivity (Wildman–Crippen MR) is 574 cm³/mol. The van der Waals surface area contributed by atoms with E-state index >= 15 is 4.39 Å². The van der Waals surface area contributed by atoms with Crippen LogP contribution in [0.1, 0.15) is 232 Å². The molecule has 8 nitrogen and oxygen atoms in total. The van der Waals surface area contributed by atoms with Gasteiger partial charge >= 0.3 is 0 Å². The summed E-state index contributed by atoms with van der Waals surface area (Å²) >= 11 is 14.6. The quantitative estimate of drug-likeness (QED) is 0.0275. The summed E-state index contributed by atoms with van der Waals surface area (Å²) in [6, 6.07) is 77.2. The molecule has 0 amide bonds. The van der Waals surface area contributed by atoms with Gasteiger partial charge in [-0.25, -0.2) is 24.3 Å². The number of hydrogen-bond donors (Lipinski definition) is 0. The molecule has 16 aromatic rings. The van der Waals surface area contributed by atoms with Crippen LogP contribution in [0.15, 0.2) is 203 Å². The number of fused-ring (bicyclic) bond motifs is 4. The molecule has 8 aromatic carbocycles. The fourth-order valence-electron chi connectivity index (χ4n) is 19.8. The molecule has 0 aliphatic carbocycles. The van der Waals surface area contributed by atoms with Gasteiger partial charge in [-0.2, -0.15) is 0 Å². The first-order valence-corrected chi connectivity index (χ1v) is 58.6. The summed E-state index contributed by atoms with van der Waals surface area (Å²) in [5.41, 5.74) is 20.7. The molecule has 0 saturated carbocycles. The molecular weight excluding hydrogens is 1750 g/mol. The van der Waals surface area contributed by atoms with Crippen molar-refractivity contribution >= 4 is 126 Å². The molecule has 0 atom stereocenters. The first kappa shape index (κ1) is 95.7. The number of aromatic nitrogens is 4. The summed E-state index contributed by atoms with van der Waals surface area (Å²) in [6.07, 6.45) is 29.0. The number of thiophene rings is 4. The van der Waals surface area contributed by atoms with E-state index in [1.54, 1.807) is 20.3 Å². The Morgan fingerprint density at radius 1 is 0.326 bits per heavy atom. The summed E-state index contributed by atoms with van der Waals surface area (Å²) in [7, 11) is -3.88. The third kappa shape index (κ3) is 21.1. The molecule has 132 heavy (non-hydrogen) atoms. The Labute approximate surface area is 806 Å². The minimum atomic E-state index is -1.94. The van der Waals surface area contributed by atoms with Crippen molar-refractivity contribution in [2.75, 3.05) is 13.2 Å². The van der Waals surface area contributed by atoms with Gasteiger partial charge in [-0.05, 0) is 152 Å². The first-order chi connectivity index (χ1) is 64.5. The molecule has 0 aliphatic rings. The lowest BCUT2D eigenvalue weighted by molar-refractivity contribution is 0.304. The summed E-state index contributed by atoms with van der Waals surface area (Å²) in [5.74, 6) is 2.71. The van der Waals surface area contributed by atoms with Gasteiger partial charge < -0.3 is 18.3 Å². The first-order valence-electron chi connectivity index (χ1n) is 49.7. The topological polar surface area (TPSA) is 96.3 Å². The van der Waals surface area contributed by atoms with Gasteiger partial charge in [0, 0.05) is 101 Å². The van der Waals surface area contributed by atoms with Gasteiger partial charge in [0.1, 0.15) is 39.7 Å². The number of aryl methyl sites for hydroxylation is 4. The molecule has 0 aliphatic heterocycles. The molecular formula is C116H132ClFN4O4S4Si2. The number of rotatable bonds is 47. The maximum absolute atomic E-state index is 18.0. The molecule has 686 valence electrons. The smallest absolute Gasteiger partial charge is 0.151 e. The van der Waals surface area contributed by atoms with Crippen LogP contribution in [0, 0.1) is 33.5 Å². The molecule has 0 saturated heterocycles. The maximum Gasteiger partial charge on any atom is 0.151 e. The van der Waals surface area contributed by atoms with Crippen LogP contribution in [0.3, 0.4) is 0 Å². The molecule has 16 heteroatoms. The van der Waals surface area contributed by atoms with Gasteiger partial charge in [0.05, 0.1) is 73.7 Å². The van der Waals surface area contributed by atoms with Crippen molar-refractivity contribution in [3.05, 3.63) is 227 Å². The van der Waals surface area contributed by atoms with Crippen molar-refractivity contribution in [1.82, 2.24) is 19.9 Å². The van der Waals surface area contributed by atoms with Gasteiger partial charge in [-0.3, -0.25) is 0 Å². The summed E-state index contributed by atoms with van der Waals surface area (Å²) in [5, 5.41) is 2.18. The van der Waals surface area contributed by atoms with Crippen LogP contribution in [0.25, 0.3) is 163 Å². The third-order valence-electron chi connectivity index (χ3n) is 27.2. The van der Waals surface area contributed by atoms with E-state index in [4.69, 9.17) is 49.8 Å². The van der Waals surface area contributed by atoms with E-state index < -0.39 is 22.0 Å². The number of benzene rings is 8. The van der Waals surface area contributed by atoms with Crippen LogP contribution < -0.4 is 18.5 Å². The third-order valence-corrected chi connectivity index (χ3v) is 45.2. The van der Waals surface area contributed by atoms with Crippen LogP contribution in [-0.2, 0) is 0 Å². The summed E-state index contributed by atoms with van der Waals surface area (Å²) in [6.45, 7) is 28.5. The highest BCUT2D eigenvalue weighted by Gasteiger charge is 2.39. The zero-order chi connectivity index (χ0) is 91.8. The van der Waals surface area contributed by atoms with Gasteiger partial charge in [-0.15, -0.1) is 45.3 Å². The van der Waals surface area contributed by atoms with Crippen molar-refractivity contribution in [2.45, 2.75) is 273 Å². The van der Waals surface area contributed by atoms with Crippen LogP contribution in [0.4, 0.5) is 4.39 Å². The lowest BCUT2D eigenvalue weighted by Crippen LogP contribution is -2.45. The fraction of sp³-hybridized carbons (Fsp3) is 0.379. The zero-order valence-electron chi connectivity index (χ0n) is 79.9. The average Bonchev–Trinajstić information content (AvgIpc) is 1.55. The molecule has 8 heterocycles. The van der Waals surface area contributed by atoms with Gasteiger partial charge in [0.2, 0.25) is 0 Å². The second-order valence-corrected chi connectivity index (χ2v) is 51.8. The van der Waals surface area contributed by atoms with Crippen LogP contribution in [-0.4, -0.2) is 49.3 Å². The van der Waals surface area contributed by atoms with Crippen molar-refractivity contribution in [3.63, 3.8) is 0 Å². The van der Waals surface area contributed by atoms with E-state index in [-0.39, 0.29) is 5.02 Å². The van der Waals surface area contributed by atoms with E-state index in [2.05, 4.69) is 253 Å². The van der Waals surface area contributed by atoms with Gasteiger partial charge in [0.15, 0.2) is 5.82 Å². The molecule has 0 bridgehead atoms. The Morgan fingerprint density at radius 2 is 0.682 bits per heavy atom. The van der Waals surface area contributed by atoms with Gasteiger partial charge in [0.25, 0.3) is 0 Å². The lowest BCUT2D eigenvalue weighted by atomic mass is 9.98. The highest BCUT2D eigenvalue weighted by atomic mass is 35.5. The van der Waals surface area contributed by atoms with E-state index in [0.717, 1.165) is 185 Å². The molecule has 0 fully saturated rings. The highest BCUT2D eigenvalue weighted by molar-refractivity contribution is 7.30. The molecule has 8 aromatic heterocycles. The Bertz CT molecular complexity index is 6480. The largest absolute Gasteiger partial charge is 0.494 e.